The summed E-state index contributed by atoms with van der Waals surface area (Å²) in [4.78, 5) is 29.1. The Morgan fingerprint density at radius 1 is 1.31 bits per heavy atom. The van der Waals surface area contributed by atoms with Crippen LogP contribution in [0.3, 0.4) is 0 Å². The summed E-state index contributed by atoms with van der Waals surface area (Å²) in [5, 5.41) is 14.2. The van der Waals surface area contributed by atoms with Crippen molar-refractivity contribution in [1.82, 2.24) is 10.2 Å². The number of carbonyl (C=O) groups excluding carboxylic acids is 2. The van der Waals surface area contributed by atoms with E-state index < -0.39 is 12.1 Å². The lowest BCUT2D eigenvalue weighted by atomic mass is 9.92. The number of amides is 2. The van der Waals surface area contributed by atoms with Gasteiger partial charge >= 0.3 is 0 Å². The average Bonchev–Trinajstić information content (AvgIpc) is 2.73. The van der Waals surface area contributed by atoms with Gasteiger partial charge in [0, 0.05) is 37.1 Å². The number of hydrogen-bond donors (Lipinski definition) is 3. The van der Waals surface area contributed by atoms with Crippen LogP contribution in [0.5, 0.6) is 0 Å². The average molecular weight is 467 g/mol. The van der Waals surface area contributed by atoms with Gasteiger partial charge in [-0.15, -0.1) is 0 Å². The number of aliphatic hydroxyl groups excluding tert-OH is 1. The van der Waals surface area contributed by atoms with Gasteiger partial charge in [0.25, 0.3) is 0 Å². The largest absolute Gasteiger partial charge is 0.391 e. The third-order valence-electron chi connectivity index (χ3n) is 6.17. The van der Waals surface area contributed by atoms with Gasteiger partial charge in [-0.3, -0.25) is 14.5 Å². The van der Waals surface area contributed by atoms with Crippen molar-refractivity contribution in [3.05, 3.63) is 29.3 Å². The standard InChI is InChI=1S/C24H39ClN4O3/c1-6-17(23(32)27-12-16(2)3)11-21(30)19(26)13-28-14-22(31)29(15-24(28,4)5)20-10-8-7-9-18(20)25/h7-10,16-17,19,21,30H,6,11-15,26H2,1-5H3,(H,27,32)/t17-,19+,21+/m1/s1. The van der Waals surface area contributed by atoms with E-state index in [9.17, 15) is 14.7 Å². The Morgan fingerprint density at radius 3 is 2.56 bits per heavy atom. The molecule has 2 rings (SSSR count). The van der Waals surface area contributed by atoms with Crippen LogP contribution in [-0.4, -0.2) is 65.7 Å². The first-order valence-electron chi connectivity index (χ1n) is 11.5. The van der Waals surface area contributed by atoms with Crippen molar-refractivity contribution >= 4 is 29.1 Å². The molecule has 180 valence electrons. The number of aliphatic hydroxyl groups is 1. The molecular weight excluding hydrogens is 428 g/mol. The normalized spacial score (nSPS) is 19.7. The third kappa shape index (κ3) is 6.91. The molecule has 3 atom stereocenters. The molecule has 0 radical (unpaired) electrons. The molecule has 0 spiro atoms. The van der Waals surface area contributed by atoms with Gasteiger partial charge in [0.15, 0.2) is 0 Å². The van der Waals surface area contributed by atoms with Crippen LogP contribution in [0.4, 0.5) is 5.69 Å². The van der Waals surface area contributed by atoms with E-state index in [-0.39, 0.29) is 29.8 Å². The number of piperazine rings is 1. The first-order valence-corrected chi connectivity index (χ1v) is 11.8. The van der Waals surface area contributed by atoms with E-state index in [0.717, 1.165) is 0 Å². The number of nitrogens with one attached hydrogen (secondary N) is 1. The van der Waals surface area contributed by atoms with Crippen molar-refractivity contribution < 1.29 is 14.7 Å². The van der Waals surface area contributed by atoms with E-state index in [4.69, 9.17) is 17.3 Å². The van der Waals surface area contributed by atoms with Crippen LogP contribution in [0.15, 0.2) is 24.3 Å². The van der Waals surface area contributed by atoms with Crippen molar-refractivity contribution in [1.29, 1.82) is 0 Å². The summed E-state index contributed by atoms with van der Waals surface area (Å²) in [6.45, 7) is 11.8. The van der Waals surface area contributed by atoms with Gasteiger partial charge in [0.05, 0.1) is 23.4 Å². The molecule has 0 saturated carbocycles. The molecule has 4 N–H and O–H groups in total. The van der Waals surface area contributed by atoms with E-state index in [1.54, 1.807) is 11.0 Å². The number of para-hydroxylation sites is 1. The fourth-order valence-electron chi connectivity index (χ4n) is 3.99. The minimum atomic E-state index is -0.836. The lowest BCUT2D eigenvalue weighted by Gasteiger charge is -2.47. The van der Waals surface area contributed by atoms with E-state index in [1.807, 2.05) is 43.9 Å². The molecule has 1 heterocycles. The minimum Gasteiger partial charge on any atom is -0.391 e. The second kappa shape index (κ2) is 11.5. The van der Waals surface area contributed by atoms with Crippen LogP contribution in [0.1, 0.15) is 47.5 Å². The van der Waals surface area contributed by atoms with Gasteiger partial charge < -0.3 is 21.1 Å². The van der Waals surface area contributed by atoms with Gasteiger partial charge in [-0.2, -0.15) is 0 Å². The SMILES string of the molecule is CC[C@H](C[C@H](O)[C@@H](N)CN1CC(=O)N(c2ccccc2Cl)CC1(C)C)C(=O)NCC(C)C. The number of anilines is 1. The Hall–Kier alpha value is -1.67. The Bertz CT molecular complexity index is 786. The molecular formula is C24H39ClN4O3. The minimum absolute atomic E-state index is 0.0451. The van der Waals surface area contributed by atoms with Crippen molar-refractivity contribution in [3.8, 4) is 0 Å². The summed E-state index contributed by atoms with van der Waals surface area (Å²) in [6.07, 6.45) is 0.0984. The Kier molecular flexibility index (Phi) is 9.52. The van der Waals surface area contributed by atoms with Crippen LogP contribution < -0.4 is 16.0 Å². The van der Waals surface area contributed by atoms with Crippen molar-refractivity contribution in [2.75, 3.05) is 31.1 Å². The molecule has 0 bridgehead atoms. The molecule has 1 aromatic carbocycles. The van der Waals surface area contributed by atoms with E-state index in [0.29, 0.717) is 49.1 Å². The molecule has 0 unspecified atom stereocenters. The summed E-state index contributed by atoms with van der Waals surface area (Å²) in [7, 11) is 0. The van der Waals surface area contributed by atoms with E-state index in [1.165, 1.54) is 0 Å². The topological polar surface area (TPSA) is 98.9 Å². The molecule has 1 fully saturated rings. The Labute approximate surface area is 197 Å². The molecule has 1 saturated heterocycles. The van der Waals surface area contributed by atoms with Crippen molar-refractivity contribution in [3.63, 3.8) is 0 Å². The molecule has 1 aliphatic heterocycles. The number of nitrogens with two attached hydrogens (primary N) is 1. The van der Waals surface area contributed by atoms with Crippen LogP contribution in [0, 0.1) is 11.8 Å². The Balaban J connectivity index is 2.00. The van der Waals surface area contributed by atoms with Crippen LogP contribution in [0.25, 0.3) is 0 Å². The summed E-state index contributed by atoms with van der Waals surface area (Å²) < 4.78 is 0. The fraction of sp³-hybridized carbons (Fsp3) is 0.667. The predicted octanol–water partition coefficient (Wildman–Crippen LogP) is 2.64. The Morgan fingerprint density at radius 2 is 1.97 bits per heavy atom. The van der Waals surface area contributed by atoms with E-state index in [2.05, 4.69) is 19.2 Å². The van der Waals surface area contributed by atoms with Crippen LogP contribution >= 0.6 is 11.6 Å². The maximum absolute atomic E-state index is 12.9. The first-order chi connectivity index (χ1) is 15.0. The molecule has 1 aliphatic rings. The zero-order valence-electron chi connectivity index (χ0n) is 20.0. The highest BCUT2D eigenvalue weighted by Gasteiger charge is 2.40. The number of carbonyl (C=O) groups is 2. The zero-order chi connectivity index (χ0) is 24.1. The molecule has 2 amide bonds. The van der Waals surface area contributed by atoms with Gasteiger partial charge in [0.2, 0.25) is 11.8 Å². The molecule has 0 aromatic heterocycles. The number of nitrogens with zero attached hydrogens (tertiary/aromatic N) is 2. The highest BCUT2D eigenvalue weighted by atomic mass is 35.5. The van der Waals surface area contributed by atoms with Gasteiger partial charge in [0.1, 0.15) is 0 Å². The van der Waals surface area contributed by atoms with Gasteiger partial charge in [-0.05, 0) is 44.7 Å². The highest BCUT2D eigenvalue weighted by Crippen LogP contribution is 2.31. The smallest absolute Gasteiger partial charge is 0.241 e. The monoisotopic (exact) mass is 466 g/mol. The summed E-state index contributed by atoms with van der Waals surface area (Å²) in [6, 6.07) is 6.75. The second-order valence-corrected chi connectivity index (χ2v) is 10.2. The number of benzene rings is 1. The van der Waals surface area contributed by atoms with Crippen molar-refractivity contribution in [2.24, 2.45) is 17.6 Å². The molecule has 0 aliphatic carbocycles. The number of rotatable bonds is 10. The summed E-state index contributed by atoms with van der Waals surface area (Å²) in [5.74, 6) is -0.0238. The maximum Gasteiger partial charge on any atom is 0.241 e. The van der Waals surface area contributed by atoms with Gasteiger partial charge in [-0.25, -0.2) is 0 Å². The summed E-state index contributed by atoms with van der Waals surface area (Å²) in [5.41, 5.74) is 6.69. The molecule has 8 heteroatoms. The predicted molar refractivity (Wildman–Crippen MR) is 130 cm³/mol. The number of halogens is 1. The maximum atomic E-state index is 12.9. The molecule has 7 nitrogen and oxygen atoms in total. The third-order valence-corrected chi connectivity index (χ3v) is 6.49. The fourth-order valence-corrected chi connectivity index (χ4v) is 4.23. The van der Waals surface area contributed by atoms with Crippen LogP contribution in [-0.2, 0) is 9.59 Å². The van der Waals surface area contributed by atoms with Gasteiger partial charge in [-0.1, -0.05) is 44.5 Å². The second-order valence-electron chi connectivity index (χ2n) is 9.84. The highest BCUT2D eigenvalue weighted by molar-refractivity contribution is 6.33. The van der Waals surface area contributed by atoms with Crippen LogP contribution in [0.2, 0.25) is 5.02 Å². The van der Waals surface area contributed by atoms with E-state index >= 15 is 0 Å². The summed E-state index contributed by atoms with van der Waals surface area (Å²) >= 11 is 6.31. The molecule has 1 aromatic rings. The lowest BCUT2D eigenvalue weighted by Crippen LogP contribution is -2.64. The lowest BCUT2D eigenvalue weighted by molar-refractivity contribution is -0.126. The first kappa shape index (κ1) is 26.6. The molecule has 32 heavy (non-hydrogen) atoms. The zero-order valence-corrected chi connectivity index (χ0v) is 20.7. The van der Waals surface area contributed by atoms with Crippen molar-refractivity contribution in [2.45, 2.75) is 65.1 Å². The quantitative estimate of drug-likeness (QED) is 0.492. The number of hydrogen-bond acceptors (Lipinski definition) is 5.